The minimum atomic E-state index is 0.326. The lowest BCUT2D eigenvalue weighted by Gasteiger charge is -2.59. The summed E-state index contributed by atoms with van der Waals surface area (Å²) >= 11 is 0. The summed E-state index contributed by atoms with van der Waals surface area (Å²) in [4.78, 5) is 0. The number of benzene rings is 1. The zero-order valence-electron chi connectivity index (χ0n) is 13.8. The van der Waals surface area contributed by atoms with Crippen molar-refractivity contribution in [1.82, 2.24) is 5.32 Å². The molecule has 0 saturated heterocycles. The van der Waals surface area contributed by atoms with E-state index in [1.807, 2.05) is 0 Å². The van der Waals surface area contributed by atoms with Crippen LogP contribution in [-0.2, 0) is 5.41 Å². The summed E-state index contributed by atoms with van der Waals surface area (Å²) in [6.07, 6.45) is 9.92. The molecule has 0 unspecified atom stereocenters. The van der Waals surface area contributed by atoms with Gasteiger partial charge < -0.3 is 10.1 Å². The highest BCUT2D eigenvalue weighted by atomic mass is 16.5. The first kappa shape index (κ1) is 14.9. The summed E-state index contributed by atoms with van der Waals surface area (Å²) in [5.41, 5.74) is 3.67. The van der Waals surface area contributed by atoms with Gasteiger partial charge in [0, 0.05) is 12.0 Å². The minimum Gasteiger partial charge on any atom is -0.496 e. The number of nitrogens with one attached hydrogen (secondary N) is 1. The molecule has 116 valence electrons. The molecule has 0 aromatic heterocycles. The highest BCUT2D eigenvalue weighted by molar-refractivity contribution is 5.42. The summed E-state index contributed by atoms with van der Waals surface area (Å²) in [6.45, 7) is 3.21. The number of methoxy groups -OCH3 is 1. The average Bonchev–Trinajstić information content (AvgIpc) is 2.47. The average molecular weight is 287 g/mol. The standard InChI is InChI=1S/C19H29NO/c1-15-7-8-16(11-17(15)21-3)19(14-20-2)12-18(13-19)9-5-4-6-10-18/h7-8,11,20H,4-6,9-10,12-14H2,1-3H3. The van der Waals surface area contributed by atoms with Gasteiger partial charge in [-0.2, -0.15) is 0 Å². The summed E-state index contributed by atoms with van der Waals surface area (Å²) < 4.78 is 5.54. The molecular formula is C19H29NO. The molecule has 0 aliphatic heterocycles. The van der Waals surface area contributed by atoms with Gasteiger partial charge in [-0.1, -0.05) is 31.4 Å². The molecule has 3 rings (SSSR count). The maximum atomic E-state index is 5.54. The van der Waals surface area contributed by atoms with E-state index < -0.39 is 0 Å². The first-order chi connectivity index (χ1) is 10.1. The summed E-state index contributed by atoms with van der Waals surface area (Å²) in [7, 11) is 3.86. The molecule has 21 heavy (non-hydrogen) atoms. The second-order valence-corrected chi connectivity index (χ2v) is 7.41. The molecule has 2 heteroatoms. The molecule has 2 aliphatic rings. The first-order valence-corrected chi connectivity index (χ1v) is 8.43. The van der Waals surface area contributed by atoms with Crippen LogP contribution in [0.3, 0.4) is 0 Å². The van der Waals surface area contributed by atoms with Crippen LogP contribution >= 0.6 is 0 Å². The monoisotopic (exact) mass is 287 g/mol. The number of ether oxygens (including phenoxy) is 1. The number of rotatable bonds is 4. The van der Waals surface area contributed by atoms with Crippen LogP contribution in [0.1, 0.15) is 56.1 Å². The van der Waals surface area contributed by atoms with E-state index in [2.05, 4.69) is 37.5 Å². The number of hydrogen-bond acceptors (Lipinski definition) is 2. The van der Waals surface area contributed by atoms with Crippen LogP contribution in [0.15, 0.2) is 18.2 Å². The van der Waals surface area contributed by atoms with Crippen LogP contribution in [0.5, 0.6) is 5.75 Å². The fourth-order valence-electron chi connectivity index (χ4n) is 4.96. The first-order valence-electron chi connectivity index (χ1n) is 8.43. The number of aryl methyl sites for hydroxylation is 1. The van der Waals surface area contributed by atoms with Gasteiger partial charge in [-0.25, -0.2) is 0 Å². The lowest BCUT2D eigenvalue weighted by molar-refractivity contribution is -0.0119. The topological polar surface area (TPSA) is 21.3 Å². The van der Waals surface area contributed by atoms with Crippen molar-refractivity contribution >= 4 is 0 Å². The van der Waals surface area contributed by atoms with E-state index in [1.54, 1.807) is 7.11 Å². The SMILES string of the molecule is CNCC1(c2ccc(C)c(OC)c2)CC2(CCCCC2)C1. The summed E-state index contributed by atoms with van der Waals surface area (Å²) in [5, 5.41) is 3.44. The lowest BCUT2D eigenvalue weighted by atomic mass is 9.46. The second-order valence-electron chi connectivity index (χ2n) is 7.41. The van der Waals surface area contributed by atoms with E-state index in [4.69, 9.17) is 4.74 Å². The van der Waals surface area contributed by atoms with Crippen molar-refractivity contribution in [3.63, 3.8) is 0 Å². The van der Waals surface area contributed by atoms with Crippen molar-refractivity contribution in [2.45, 2.75) is 57.3 Å². The molecule has 2 aliphatic carbocycles. The van der Waals surface area contributed by atoms with E-state index in [9.17, 15) is 0 Å². The number of likely N-dealkylation sites (N-methyl/N-ethyl adjacent to an activating group) is 1. The maximum Gasteiger partial charge on any atom is 0.122 e. The predicted molar refractivity (Wildman–Crippen MR) is 88.1 cm³/mol. The molecule has 2 nitrogen and oxygen atoms in total. The largest absolute Gasteiger partial charge is 0.496 e. The van der Waals surface area contributed by atoms with Crippen molar-refractivity contribution in [2.24, 2.45) is 5.41 Å². The molecule has 0 amide bonds. The van der Waals surface area contributed by atoms with Crippen molar-refractivity contribution in [3.05, 3.63) is 29.3 Å². The molecule has 1 N–H and O–H groups in total. The third-order valence-electron chi connectivity index (χ3n) is 5.88. The van der Waals surface area contributed by atoms with Crippen LogP contribution in [0.2, 0.25) is 0 Å². The molecule has 2 fully saturated rings. The molecule has 1 spiro atoms. The van der Waals surface area contributed by atoms with Crippen LogP contribution in [0.4, 0.5) is 0 Å². The molecule has 0 radical (unpaired) electrons. The van der Waals surface area contributed by atoms with Gasteiger partial charge in [0.15, 0.2) is 0 Å². The smallest absolute Gasteiger partial charge is 0.122 e. The van der Waals surface area contributed by atoms with Gasteiger partial charge in [-0.15, -0.1) is 0 Å². The van der Waals surface area contributed by atoms with Crippen LogP contribution < -0.4 is 10.1 Å². The normalized spacial score (nSPS) is 22.8. The Labute approximate surface area is 129 Å². The Bertz CT molecular complexity index is 494. The van der Waals surface area contributed by atoms with Crippen molar-refractivity contribution < 1.29 is 4.74 Å². The van der Waals surface area contributed by atoms with Crippen molar-refractivity contribution in [1.29, 1.82) is 0 Å². The fraction of sp³-hybridized carbons (Fsp3) is 0.684. The molecular weight excluding hydrogens is 258 g/mol. The van der Waals surface area contributed by atoms with Gasteiger partial charge in [-0.3, -0.25) is 0 Å². The molecule has 1 aromatic rings. The van der Waals surface area contributed by atoms with E-state index in [-0.39, 0.29) is 0 Å². The molecule has 2 saturated carbocycles. The second kappa shape index (κ2) is 5.64. The lowest BCUT2D eigenvalue weighted by Crippen LogP contribution is -2.55. The van der Waals surface area contributed by atoms with Gasteiger partial charge in [0.1, 0.15) is 5.75 Å². The highest BCUT2D eigenvalue weighted by Gasteiger charge is 2.54. The van der Waals surface area contributed by atoms with Gasteiger partial charge in [0.05, 0.1) is 7.11 Å². The zero-order chi connectivity index (χ0) is 14.9. The molecule has 0 bridgehead atoms. The summed E-state index contributed by atoms with van der Waals surface area (Å²) in [5.74, 6) is 1.03. The van der Waals surface area contributed by atoms with Crippen LogP contribution in [-0.4, -0.2) is 20.7 Å². The maximum absolute atomic E-state index is 5.54. The quantitative estimate of drug-likeness (QED) is 0.896. The van der Waals surface area contributed by atoms with Crippen LogP contribution in [0.25, 0.3) is 0 Å². The Hall–Kier alpha value is -1.02. The van der Waals surface area contributed by atoms with E-state index in [0.717, 1.165) is 12.3 Å². The van der Waals surface area contributed by atoms with E-state index in [0.29, 0.717) is 10.8 Å². The Balaban J connectivity index is 1.86. The van der Waals surface area contributed by atoms with Crippen molar-refractivity contribution in [2.75, 3.05) is 20.7 Å². The molecule has 0 heterocycles. The molecule has 0 atom stereocenters. The Morgan fingerprint density at radius 3 is 2.48 bits per heavy atom. The number of hydrogen-bond donors (Lipinski definition) is 1. The minimum absolute atomic E-state index is 0.326. The van der Waals surface area contributed by atoms with Gasteiger partial charge >= 0.3 is 0 Å². The van der Waals surface area contributed by atoms with Gasteiger partial charge in [0.2, 0.25) is 0 Å². The fourth-order valence-corrected chi connectivity index (χ4v) is 4.96. The van der Waals surface area contributed by atoms with Crippen LogP contribution in [0, 0.1) is 12.3 Å². The Morgan fingerprint density at radius 2 is 1.86 bits per heavy atom. The van der Waals surface area contributed by atoms with E-state index in [1.165, 1.54) is 56.1 Å². The third-order valence-corrected chi connectivity index (χ3v) is 5.88. The van der Waals surface area contributed by atoms with Gasteiger partial charge in [-0.05, 0) is 62.3 Å². The Morgan fingerprint density at radius 1 is 1.14 bits per heavy atom. The highest BCUT2D eigenvalue weighted by Crippen LogP contribution is 2.61. The zero-order valence-corrected chi connectivity index (χ0v) is 13.8. The predicted octanol–water partition coefficient (Wildman–Crippen LogP) is 4.21. The Kier molecular flexibility index (Phi) is 4.00. The molecule has 1 aromatic carbocycles. The third kappa shape index (κ3) is 2.59. The summed E-state index contributed by atoms with van der Waals surface area (Å²) in [6, 6.07) is 6.82. The van der Waals surface area contributed by atoms with E-state index >= 15 is 0 Å². The van der Waals surface area contributed by atoms with Crippen molar-refractivity contribution in [3.8, 4) is 5.75 Å². The van der Waals surface area contributed by atoms with Gasteiger partial charge in [0.25, 0.3) is 0 Å².